The topological polar surface area (TPSA) is 0 Å². The summed E-state index contributed by atoms with van der Waals surface area (Å²) < 4.78 is 0. The van der Waals surface area contributed by atoms with Crippen LogP contribution in [0.1, 0.15) is 24.0 Å². The predicted octanol–water partition coefficient (Wildman–Crippen LogP) is 6.51. The van der Waals surface area contributed by atoms with Crippen LogP contribution in [0.15, 0.2) is 85.0 Å². The first-order valence-corrected chi connectivity index (χ1v) is 7.59. The van der Waals surface area contributed by atoms with Crippen LogP contribution in [0.2, 0.25) is 0 Å². The Labute approximate surface area is 175 Å². The van der Waals surface area contributed by atoms with Crippen molar-refractivity contribution < 1.29 is 18.6 Å². The molecule has 25 heavy (non-hydrogen) atoms. The monoisotopic (exact) mass is 405 g/mol. The van der Waals surface area contributed by atoms with Gasteiger partial charge in [-0.25, -0.2) is 0 Å². The first kappa shape index (κ1) is 23.6. The average molecular weight is 406 g/mol. The molecule has 127 valence electrons. The van der Waals surface area contributed by atoms with Crippen molar-refractivity contribution in [3.8, 4) is 0 Å². The molecule has 0 amide bonds. The summed E-state index contributed by atoms with van der Waals surface area (Å²) in [6.45, 7) is 0. The molecule has 4 rings (SSSR count). The Morgan fingerprint density at radius 1 is 0.560 bits per heavy atom. The molecular formula is C22H20Cl2V. The molecule has 2 aromatic rings. The van der Waals surface area contributed by atoms with Crippen LogP contribution >= 0.6 is 24.8 Å². The molecule has 0 nitrogen and oxygen atoms in total. The molecule has 0 spiro atoms. The summed E-state index contributed by atoms with van der Waals surface area (Å²) in [6, 6.07) is 20.7. The van der Waals surface area contributed by atoms with Gasteiger partial charge in [-0.1, -0.05) is 49.2 Å². The van der Waals surface area contributed by atoms with E-state index in [0.29, 0.717) is 0 Å². The van der Waals surface area contributed by atoms with Crippen LogP contribution < -0.4 is 0 Å². The first-order valence-electron chi connectivity index (χ1n) is 7.59. The van der Waals surface area contributed by atoms with E-state index in [-0.39, 0.29) is 43.4 Å². The van der Waals surface area contributed by atoms with E-state index < -0.39 is 0 Å². The third-order valence-corrected chi connectivity index (χ3v) is 3.56. The Morgan fingerprint density at radius 2 is 0.920 bits per heavy atom. The van der Waals surface area contributed by atoms with E-state index in [0.717, 1.165) is 12.8 Å². The van der Waals surface area contributed by atoms with Gasteiger partial charge in [0.05, 0.1) is 0 Å². The number of hydrogen-bond donors (Lipinski definition) is 0. The quantitative estimate of drug-likeness (QED) is 0.499. The predicted molar refractivity (Wildman–Crippen MR) is 108 cm³/mol. The third kappa shape index (κ3) is 7.14. The minimum absolute atomic E-state index is 0. The van der Waals surface area contributed by atoms with Crippen molar-refractivity contribution in [1.29, 1.82) is 0 Å². The minimum Gasteiger partial charge on any atom is -0.197 e. The smallest absolute Gasteiger partial charge is 0.197 e. The van der Waals surface area contributed by atoms with Crippen molar-refractivity contribution in [2.75, 3.05) is 0 Å². The first-order chi connectivity index (χ1) is 10.9. The maximum Gasteiger partial charge on any atom is 2.00 e. The summed E-state index contributed by atoms with van der Waals surface area (Å²) in [6.07, 6.45) is 17.0. The van der Waals surface area contributed by atoms with Crippen LogP contribution in [0.5, 0.6) is 0 Å². The van der Waals surface area contributed by atoms with Crippen molar-refractivity contribution in [2.45, 2.75) is 12.8 Å². The fourth-order valence-electron chi connectivity index (χ4n) is 2.44. The molecule has 0 bridgehead atoms. The molecule has 2 aromatic carbocycles. The zero-order chi connectivity index (χ0) is 15.0. The summed E-state index contributed by atoms with van der Waals surface area (Å²) in [5, 5.41) is 0. The summed E-state index contributed by atoms with van der Waals surface area (Å²) in [5.74, 6) is 0. The third-order valence-electron chi connectivity index (χ3n) is 3.56. The van der Waals surface area contributed by atoms with Gasteiger partial charge in [0.1, 0.15) is 0 Å². The van der Waals surface area contributed by atoms with Gasteiger partial charge in [-0.15, -0.1) is 72.4 Å². The molecule has 0 unspecified atom stereocenters. The van der Waals surface area contributed by atoms with Crippen LogP contribution in [0.3, 0.4) is 0 Å². The number of allylic oxidation sites excluding steroid dienone is 8. The Bertz CT molecular complexity index is 664. The second kappa shape index (κ2) is 12.9. The fraction of sp³-hybridized carbons (Fsp3) is 0.0909. The Hall–Kier alpha value is -1.44. The Balaban J connectivity index is 0.000000411. The molecule has 0 saturated heterocycles. The number of rotatable bonds is 2. The molecule has 3 heteroatoms. The molecule has 0 heterocycles. The standard InChI is InChI=1S/2C11H9.2ClH.V/c2*1-2-6-10(7-3-1)11-8-4-5-9-11;;;/h2*1-4,6-8H,5H2;2*1H;/q2*-1;;;+2. The summed E-state index contributed by atoms with van der Waals surface area (Å²) >= 11 is 0. The molecule has 0 fully saturated rings. The maximum atomic E-state index is 3.28. The van der Waals surface area contributed by atoms with E-state index in [9.17, 15) is 0 Å². The van der Waals surface area contributed by atoms with Gasteiger partial charge in [0.25, 0.3) is 0 Å². The van der Waals surface area contributed by atoms with Gasteiger partial charge in [0, 0.05) is 0 Å². The Morgan fingerprint density at radius 3 is 1.20 bits per heavy atom. The van der Waals surface area contributed by atoms with Crippen LogP contribution in [-0.4, -0.2) is 0 Å². The SMILES string of the molecule is Cl.Cl.[C-]1=C(c2ccccc2)C=CC1.[C-]1=C(c2ccccc2)C=CC1.[V+2]. The van der Waals surface area contributed by atoms with E-state index in [1.807, 2.05) is 12.1 Å². The van der Waals surface area contributed by atoms with Crippen LogP contribution in [0.4, 0.5) is 0 Å². The van der Waals surface area contributed by atoms with Gasteiger partial charge in [-0.05, 0) is 0 Å². The van der Waals surface area contributed by atoms with Gasteiger partial charge in [0.2, 0.25) is 0 Å². The second-order valence-corrected chi connectivity index (χ2v) is 5.13. The van der Waals surface area contributed by atoms with E-state index in [1.54, 1.807) is 0 Å². The van der Waals surface area contributed by atoms with Gasteiger partial charge in [-0.2, -0.15) is 35.5 Å². The molecule has 0 aliphatic heterocycles. The van der Waals surface area contributed by atoms with Gasteiger partial charge in [0.15, 0.2) is 0 Å². The van der Waals surface area contributed by atoms with Crippen LogP contribution in [0, 0.1) is 12.2 Å². The van der Waals surface area contributed by atoms with Crippen molar-refractivity contribution in [1.82, 2.24) is 0 Å². The molecule has 2 aliphatic carbocycles. The van der Waals surface area contributed by atoms with E-state index in [2.05, 4.69) is 85.0 Å². The largest absolute Gasteiger partial charge is 2.00 e. The maximum absolute atomic E-state index is 3.28. The van der Waals surface area contributed by atoms with Gasteiger partial charge < -0.3 is 0 Å². The molecular weight excluding hydrogens is 386 g/mol. The molecule has 0 atom stereocenters. The second-order valence-electron chi connectivity index (χ2n) is 5.13. The van der Waals surface area contributed by atoms with Crippen molar-refractivity contribution in [3.63, 3.8) is 0 Å². The van der Waals surface area contributed by atoms with E-state index in [1.165, 1.54) is 22.3 Å². The molecule has 2 aliphatic rings. The van der Waals surface area contributed by atoms with E-state index >= 15 is 0 Å². The fourth-order valence-corrected chi connectivity index (χ4v) is 2.44. The summed E-state index contributed by atoms with van der Waals surface area (Å²) in [7, 11) is 0. The van der Waals surface area contributed by atoms with Crippen LogP contribution in [-0.2, 0) is 18.6 Å². The molecule has 0 aromatic heterocycles. The summed E-state index contributed by atoms with van der Waals surface area (Å²) in [4.78, 5) is 0. The molecule has 1 radical (unpaired) electrons. The zero-order valence-corrected chi connectivity index (χ0v) is 16.8. The van der Waals surface area contributed by atoms with E-state index in [4.69, 9.17) is 0 Å². The van der Waals surface area contributed by atoms with Gasteiger partial charge >= 0.3 is 18.6 Å². The number of halogens is 2. The molecule has 0 saturated carbocycles. The van der Waals surface area contributed by atoms with Crippen molar-refractivity contribution in [2.24, 2.45) is 0 Å². The number of hydrogen-bond acceptors (Lipinski definition) is 0. The van der Waals surface area contributed by atoms with Crippen molar-refractivity contribution >= 4 is 36.0 Å². The number of benzene rings is 2. The normalized spacial score (nSPS) is 13.3. The molecule has 0 N–H and O–H groups in total. The van der Waals surface area contributed by atoms with Crippen molar-refractivity contribution in [3.05, 3.63) is 108 Å². The zero-order valence-electron chi connectivity index (χ0n) is 13.8. The van der Waals surface area contributed by atoms with Gasteiger partial charge in [-0.3, -0.25) is 0 Å². The Kier molecular flexibility index (Phi) is 12.1. The van der Waals surface area contributed by atoms with Crippen LogP contribution in [0.25, 0.3) is 11.1 Å². The minimum atomic E-state index is 0. The average Bonchev–Trinajstić information content (AvgIpc) is 3.31. The summed E-state index contributed by atoms with van der Waals surface area (Å²) in [5.41, 5.74) is 4.98.